The Morgan fingerprint density at radius 3 is 2.62 bits per heavy atom. The number of carboxylic acid groups (broad SMARTS) is 1. The molecule has 0 aromatic carbocycles. The second-order valence-electron chi connectivity index (χ2n) is 4.85. The van der Waals surface area contributed by atoms with Gasteiger partial charge < -0.3 is 15.7 Å². The van der Waals surface area contributed by atoms with Crippen LogP contribution >= 0.6 is 22.7 Å². The highest BCUT2D eigenvalue weighted by Crippen LogP contribution is 2.23. The number of carbonyl (C=O) groups excluding carboxylic acids is 1. The number of hydrogen-bond acceptors (Lipinski definition) is 5. The van der Waals surface area contributed by atoms with E-state index >= 15 is 0 Å². The van der Waals surface area contributed by atoms with E-state index in [1.54, 1.807) is 23.7 Å². The van der Waals surface area contributed by atoms with E-state index in [2.05, 4.69) is 15.6 Å². The minimum absolute atomic E-state index is 0.545. The van der Waals surface area contributed by atoms with E-state index in [1.165, 1.54) is 22.7 Å². The number of thiophene rings is 1. The molecule has 2 amide bonds. The topological polar surface area (TPSA) is 91.3 Å². The first-order valence-electron chi connectivity index (χ1n) is 6.15. The van der Waals surface area contributed by atoms with Crippen LogP contribution < -0.4 is 10.6 Å². The fraction of sp³-hybridized carbons (Fsp3) is 0.308. The Morgan fingerprint density at radius 1 is 1.33 bits per heavy atom. The minimum Gasteiger partial charge on any atom is -0.479 e. The highest BCUT2D eigenvalue weighted by Gasteiger charge is 2.29. The molecule has 0 radical (unpaired) electrons. The Balaban J connectivity index is 2.05. The van der Waals surface area contributed by atoms with E-state index in [9.17, 15) is 14.7 Å². The maximum atomic E-state index is 12.1. The van der Waals surface area contributed by atoms with Crippen molar-refractivity contribution in [3.63, 3.8) is 0 Å². The lowest BCUT2D eigenvalue weighted by molar-refractivity contribution is -0.139. The molecule has 8 heteroatoms. The molecule has 0 spiro atoms. The number of nitrogens with one attached hydrogen (secondary N) is 2. The van der Waals surface area contributed by atoms with Gasteiger partial charge in [0.05, 0.1) is 5.54 Å². The number of thiazole rings is 1. The van der Waals surface area contributed by atoms with E-state index < -0.39 is 23.6 Å². The molecule has 0 aliphatic heterocycles. The molecule has 0 fully saturated rings. The summed E-state index contributed by atoms with van der Waals surface area (Å²) >= 11 is 2.71. The zero-order valence-electron chi connectivity index (χ0n) is 11.5. The van der Waals surface area contributed by atoms with Crippen molar-refractivity contribution in [1.29, 1.82) is 0 Å². The van der Waals surface area contributed by atoms with Crippen molar-refractivity contribution >= 4 is 34.7 Å². The van der Waals surface area contributed by atoms with Crippen molar-refractivity contribution in [3.8, 4) is 0 Å². The third-order valence-electron chi connectivity index (χ3n) is 2.74. The van der Waals surface area contributed by atoms with Crippen LogP contribution in [0.15, 0.2) is 29.1 Å². The fourth-order valence-corrected chi connectivity index (χ4v) is 3.23. The van der Waals surface area contributed by atoms with Crippen molar-refractivity contribution in [3.05, 3.63) is 39.0 Å². The molecule has 0 saturated carbocycles. The molecular formula is C13H15N3O3S2. The zero-order valence-corrected chi connectivity index (χ0v) is 13.1. The molecule has 1 unspecified atom stereocenters. The number of carboxylic acids is 1. The van der Waals surface area contributed by atoms with Crippen molar-refractivity contribution in [1.82, 2.24) is 15.6 Å². The summed E-state index contributed by atoms with van der Waals surface area (Å²) in [6, 6.07) is 1.82. The molecule has 6 nitrogen and oxygen atoms in total. The minimum atomic E-state index is -1.10. The predicted molar refractivity (Wildman–Crippen MR) is 81.5 cm³/mol. The van der Waals surface area contributed by atoms with Crippen LogP contribution in [-0.4, -0.2) is 22.1 Å². The largest absolute Gasteiger partial charge is 0.479 e. The number of nitrogens with zero attached hydrogens (tertiary/aromatic N) is 1. The van der Waals surface area contributed by atoms with Crippen molar-refractivity contribution in [2.75, 3.05) is 0 Å². The molecule has 112 valence electrons. The Morgan fingerprint density at radius 2 is 2.10 bits per heavy atom. The number of amides is 2. The lowest BCUT2D eigenvalue weighted by Gasteiger charge is -2.25. The van der Waals surface area contributed by atoms with Crippen LogP contribution in [0.3, 0.4) is 0 Å². The maximum Gasteiger partial charge on any atom is 0.331 e. The number of urea groups is 1. The molecule has 0 aliphatic carbocycles. The highest BCUT2D eigenvalue weighted by molar-refractivity contribution is 7.10. The first-order chi connectivity index (χ1) is 9.90. The Hall–Kier alpha value is -1.93. The van der Waals surface area contributed by atoms with Crippen LogP contribution in [0.5, 0.6) is 0 Å². The molecule has 1 atom stereocenters. The molecule has 0 bridgehead atoms. The molecular weight excluding hydrogens is 310 g/mol. The van der Waals surface area contributed by atoms with Crippen LogP contribution in [0.2, 0.25) is 0 Å². The summed E-state index contributed by atoms with van der Waals surface area (Å²) in [5.41, 5.74) is -0.670. The Labute approximate surface area is 129 Å². The van der Waals surface area contributed by atoms with Crippen LogP contribution in [0.1, 0.15) is 29.8 Å². The third kappa shape index (κ3) is 3.79. The van der Waals surface area contributed by atoms with E-state index in [0.717, 1.165) is 5.01 Å². The van der Waals surface area contributed by atoms with Gasteiger partial charge in [0.1, 0.15) is 5.01 Å². The second kappa shape index (κ2) is 6.23. The Bertz CT molecular complexity index is 609. The summed E-state index contributed by atoms with van der Waals surface area (Å²) in [5, 5.41) is 18.8. The summed E-state index contributed by atoms with van der Waals surface area (Å²) in [6.45, 7) is 3.62. The van der Waals surface area contributed by atoms with Gasteiger partial charge in [-0.3, -0.25) is 0 Å². The monoisotopic (exact) mass is 325 g/mol. The first kappa shape index (κ1) is 15.5. The third-order valence-corrected chi connectivity index (χ3v) is 4.78. The number of aliphatic carboxylic acids is 1. The quantitative estimate of drug-likeness (QED) is 0.788. The molecule has 0 aliphatic rings. The summed E-state index contributed by atoms with van der Waals surface area (Å²) in [6.07, 6.45) is 1.66. The predicted octanol–water partition coefficient (Wildman–Crippen LogP) is 2.56. The molecule has 2 heterocycles. The number of carbonyl (C=O) groups is 2. The second-order valence-corrected chi connectivity index (χ2v) is 6.72. The van der Waals surface area contributed by atoms with Gasteiger partial charge in [0, 0.05) is 16.5 Å². The smallest absolute Gasteiger partial charge is 0.331 e. The summed E-state index contributed by atoms with van der Waals surface area (Å²) in [4.78, 5) is 28.1. The van der Waals surface area contributed by atoms with Gasteiger partial charge in [-0.1, -0.05) is 6.07 Å². The van der Waals surface area contributed by atoms with Gasteiger partial charge in [-0.15, -0.1) is 22.7 Å². The van der Waals surface area contributed by atoms with Gasteiger partial charge in [-0.25, -0.2) is 14.6 Å². The van der Waals surface area contributed by atoms with Gasteiger partial charge in [-0.05, 0) is 25.3 Å². The van der Waals surface area contributed by atoms with Crippen LogP contribution in [0, 0.1) is 0 Å². The van der Waals surface area contributed by atoms with Gasteiger partial charge in [-0.2, -0.15) is 0 Å². The van der Waals surface area contributed by atoms with E-state index in [1.807, 2.05) is 19.2 Å². The first-order valence-corrected chi connectivity index (χ1v) is 7.91. The normalized spacial score (nSPS) is 12.7. The Kier molecular flexibility index (Phi) is 4.59. The molecule has 0 saturated heterocycles. The SMILES string of the molecule is CC(C)(NC(=O)NC(C(=O)O)c1cccs1)c1nccs1. The lowest BCUT2D eigenvalue weighted by Crippen LogP contribution is -2.48. The number of hydrogen-bond donors (Lipinski definition) is 3. The highest BCUT2D eigenvalue weighted by atomic mass is 32.1. The summed E-state index contributed by atoms with van der Waals surface area (Å²) in [5.74, 6) is -1.10. The number of rotatable bonds is 5. The summed E-state index contributed by atoms with van der Waals surface area (Å²) in [7, 11) is 0. The van der Waals surface area contributed by atoms with Crippen LogP contribution in [0.25, 0.3) is 0 Å². The van der Waals surface area contributed by atoms with Crippen molar-refractivity contribution in [2.45, 2.75) is 25.4 Å². The van der Waals surface area contributed by atoms with Gasteiger partial charge in [0.2, 0.25) is 0 Å². The standard InChI is InChI=1S/C13H15N3O3S2/c1-13(2,11-14-5-7-21-11)16-12(19)15-9(10(17)18)8-4-3-6-20-8/h3-7,9H,1-2H3,(H,17,18)(H2,15,16,19). The van der Waals surface area contributed by atoms with E-state index in [4.69, 9.17) is 0 Å². The maximum absolute atomic E-state index is 12.1. The van der Waals surface area contributed by atoms with Gasteiger partial charge in [0.15, 0.2) is 6.04 Å². The van der Waals surface area contributed by atoms with Crippen LogP contribution in [-0.2, 0) is 10.3 Å². The zero-order chi connectivity index (χ0) is 15.5. The van der Waals surface area contributed by atoms with Gasteiger partial charge in [0.25, 0.3) is 0 Å². The average molecular weight is 325 g/mol. The molecule has 3 N–H and O–H groups in total. The molecule has 21 heavy (non-hydrogen) atoms. The van der Waals surface area contributed by atoms with Gasteiger partial charge >= 0.3 is 12.0 Å². The molecule has 2 aromatic heterocycles. The summed E-state index contributed by atoms with van der Waals surface area (Å²) < 4.78 is 0. The fourth-order valence-electron chi connectivity index (χ4n) is 1.75. The van der Waals surface area contributed by atoms with Crippen molar-refractivity contribution < 1.29 is 14.7 Å². The lowest BCUT2D eigenvalue weighted by atomic mass is 10.1. The number of aromatic nitrogens is 1. The van der Waals surface area contributed by atoms with E-state index in [0.29, 0.717) is 4.88 Å². The van der Waals surface area contributed by atoms with E-state index in [-0.39, 0.29) is 0 Å². The van der Waals surface area contributed by atoms with Crippen molar-refractivity contribution in [2.24, 2.45) is 0 Å². The average Bonchev–Trinajstić information content (AvgIpc) is 3.08. The van der Waals surface area contributed by atoms with Crippen LogP contribution in [0.4, 0.5) is 4.79 Å². The molecule has 2 rings (SSSR count). The molecule has 2 aromatic rings.